The number of benzene rings is 2. The molecule has 4 rings (SSSR count). The van der Waals surface area contributed by atoms with Gasteiger partial charge in [-0.05, 0) is 35.9 Å². The fraction of sp³-hybridized carbons (Fsp3) is 0.200. The Hall–Kier alpha value is -3.35. The van der Waals surface area contributed by atoms with Crippen LogP contribution in [0.1, 0.15) is 15.9 Å². The van der Waals surface area contributed by atoms with E-state index in [-0.39, 0.29) is 30.5 Å². The molecule has 7 heteroatoms. The van der Waals surface area contributed by atoms with Gasteiger partial charge in [0.2, 0.25) is 5.91 Å². The van der Waals surface area contributed by atoms with Crippen LogP contribution in [0.5, 0.6) is 11.5 Å². The minimum Gasteiger partial charge on any atom is -0.486 e. The highest BCUT2D eigenvalue weighted by Crippen LogP contribution is 2.33. The number of carbonyl (C=O) groups is 2. The predicted molar refractivity (Wildman–Crippen MR) is 96.7 cm³/mol. The lowest BCUT2D eigenvalue weighted by Gasteiger charge is -2.20. The van der Waals surface area contributed by atoms with E-state index in [4.69, 9.17) is 9.47 Å². The molecule has 0 fully saturated rings. The number of nitrogens with one attached hydrogen (secondary N) is 2. The molecule has 0 bridgehead atoms. The zero-order valence-electron chi connectivity index (χ0n) is 14.4. The first-order chi connectivity index (χ1) is 13.1. The number of hydrogen-bond acceptors (Lipinski definition) is 4. The minimum atomic E-state index is -0.366. The second-order valence-electron chi connectivity index (χ2n) is 6.21. The van der Waals surface area contributed by atoms with Gasteiger partial charge in [-0.15, -0.1) is 0 Å². The number of hydrogen-bond donors (Lipinski definition) is 2. The molecule has 0 atom stereocenters. The molecule has 0 saturated heterocycles. The molecule has 27 heavy (non-hydrogen) atoms. The van der Waals surface area contributed by atoms with E-state index in [2.05, 4.69) is 10.3 Å². The molecule has 3 aromatic rings. The van der Waals surface area contributed by atoms with Crippen LogP contribution in [0, 0.1) is 5.82 Å². The maximum absolute atomic E-state index is 13.4. The smallest absolute Gasteiger partial charge is 0.224 e. The summed E-state index contributed by atoms with van der Waals surface area (Å²) in [5.74, 6) is -0.0181. The van der Waals surface area contributed by atoms with Crippen molar-refractivity contribution in [2.45, 2.75) is 6.42 Å². The van der Waals surface area contributed by atoms with E-state index in [9.17, 15) is 14.0 Å². The molecule has 2 N–H and O–H groups in total. The lowest BCUT2D eigenvalue weighted by molar-refractivity contribution is -0.120. The summed E-state index contributed by atoms with van der Waals surface area (Å²) in [6.07, 6.45) is 1.72. The van der Waals surface area contributed by atoms with Crippen molar-refractivity contribution in [3.63, 3.8) is 0 Å². The van der Waals surface area contributed by atoms with Crippen molar-refractivity contribution in [2.24, 2.45) is 0 Å². The van der Waals surface area contributed by atoms with Crippen LogP contribution in [0.4, 0.5) is 4.39 Å². The van der Waals surface area contributed by atoms with E-state index < -0.39 is 0 Å². The van der Waals surface area contributed by atoms with Gasteiger partial charge in [0.05, 0.1) is 18.5 Å². The van der Waals surface area contributed by atoms with Gasteiger partial charge in [-0.1, -0.05) is 6.07 Å². The van der Waals surface area contributed by atoms with Gasteiger partial charge in [0.25, 0.3) is 0 Å². The highest BCUT2D eigenvalue weighted by Gasteiger charge is 2.20. The van der Waals surface area contributed by atoms with Crippen LogP contribution in [-0.4, -0.2) is 36.4 Å². The van der Waals surface area contributed by atoms with Crippen molar-refractivity contribution in [3.05, 3.63) is 59.5 Å². The molecule has 1 amide bonds. The molecule has 2 heterocycles. The second-order valence-corrected chi connectivity index (χ2v) is 6.21. The van der Waals surface area contributed by atoms with Gasteiger partial charge in [0.1, 0.15) is 19.0 Å². The number of rotatable bonds is 5. The summed E-state index contributed by atoms with van der Waals surface area (Å²) in [5.41, 5.74) is 1.80. The van der Waals surface area contributed by atoms with Crippen LogP contribution in [0.3, 0.4) is 0 Å². The Labute approximate surface area is 154 Å². The van der Waals surface area contributed by atoms with Gasteiger partial charge >= 0.3 is 0 Å². The second kappa shape index (κ2) is 7.11. The summed E-state index contributed by atoms with van der Waals surface area (Å²) >= 11 is 0. The highest BCUT2D eigenvalue weighted by atomic mass is 19.1. The molecule has 0 aliphatic carbocycles. The molecule has 0 radical (unpaired) electrons. The lowest BCUT2D eigenvalue weighted by atomic mass is 10.1. The van der Waals surface area contributed by atoms with Gasteiger partial charge < -0.3 is 19.8 Å². The topological polar surface area (TPSA) is 80.4 Å². The molecule has 1 aromatic heterocycles. The number of ketones is 1. The van der Waals surface area contributed by atoms with Gasteiger partial charge in [-0.25, -0.2) is 4.39 Å². The Morgan fingerprint density at radius 2 is 2.00 bits per heavy atom. The Kier molecular flexibility index (Phi) is 4.50. The van der Waals surface area contributed by atoms with Crippen LogP contribution in [0.2, 0.25) is 0 Å². The third-order valence-corrected chi connectivity index (χ3v) is 4.39. The summed E-state index contributed by atoms with van der Waals surface area (Å²) in [4.78, 5) is 27.7. The number of para-hydroxylation sites is 1. The van der Waals surface area contributed by atoms with Gasteiger partial charge in [-0.2, -0.15) is 0 Å². The zero-order valence-corrected chi connectivity index (χ0v) is 14.4. The third kappa shape index (κ3) is 3.48. The van der Waals surface area contributed by atoms with Crippen LogP contribution < -0.4 is 14.8 Å². The highest BCUT2D eigenvalue weighted by molar-refractivity contribution is 6.02. The van der Waals surface area contributed by atoms with Crippen LogP contribution in [0.25, 0.3) is 10.9 Å². The molecule has 1 aliphatic rings. The largest absolute Gasteiger partial charge is 0.486 e. The van der Waals surface area contributed by atoms with Crippen LogP contribution in [0.15, 0.2) is 42.6 Å². The first-order valence-corrected chi connectivity index (χ1v) is 8.56. The zero-order chi connectivity index (χ0) is 18.8. The van der Waals surface area contributed by atoms with Crippen molar-refractivity contribution in [1.82, 2.24) is 10.3 Å². The summed E-state index contributed by atoms with van der Waals surface area (Å²) in [5, 5.41) is 3.26. The van der Waals surface area contributed by atoms with E-state index in [1.165, 1.54) is 12.1 Å². The summed E-state index contributed by atoms with van der Waals surface area (Å²) in [6, 6.07) is 9.45. The quantitative estimate of drug-likeness (QED) is 0.679. The number of amides is 1. The molecule has 0 spiro atoms. The standard InChI is InChI=1S/C20H17FN2O4/c21-13-4-5-16-15(9-13)12(10-22-16)8-19(25)23-11-17(24)14-2-1-3-18-20(14)27-7-6-26-18/h1-5,9-10,22H,6-8,11H2,(H,23,25). The maximum Gasteiger partial charge on any atom is 0.224 e. The van der Waals surface area contributed by atoms with E-state index in [1.54, 1.807) is 30.5 Å². The molecular weight excluding hydrogens is 351 g/mol. The van der Waals surface area contributed by atoms with Gasteiger partial charge in [0.15, 0.2) is 17.3 Å². The lowest BCUT2D eigenvalue weighted by Crippen LogP contribution is -2.31. The normalized spacial score (nSPS) is 12.8. The number of fused-ring (bicyclic) bond motifs is 2. The first-order valence-electron chi connectivity index (χ1n) is 8.56. The van der Waals surface area contributed by atoms with Gasteiger partial charge in [0, 0.05) is 17.1 Å². The fourth-order valence-corrected chi connectivity index (χ4v) is 3.10. The SMILES string of the molecule is O=C(Cc1c[nH]c2ccc(F)cc12)NCC(=O)c1cccc2c1OCCO2. The van der Waals surface area contributed by atoms with E-state index in [0.717, 1.165) is 5.52 Å². The van der Waals surface area contributed by atoms with Crippen molar-refractivity contribution in [2.75, 3.05) is 19.8 Å². The molecule has 6 nitrogen and oxygen atoms in total. The summed E-state index contributed by atoms with van der Waals surface area (Å²) in [7, 11) is 0. The van der Waals surface area contributed by atoms with Crippen LogP contribution >= 0.6 is 0 Å². The monoisotopic (exact) mass is 368 g/mol. The van der Waals surface area contributed by atoms with Crippen LogP contribution in [-0.2, 0) is 11.2 Å². The Morgan fingerprint density at radius 3 is 2.89 bits per heavy atom. The molecule has 138 valence electrons. The van der Waals surface area contributed by atoms with Crippen molar-refractivity contribution in [1.29, 1.82) is 0 Å². The van der Waals surface area contributed by atoms with E-state index in [0.29, 0.717) is 41.2 Å². The number of carbonyl (C=O) groups excluding carboxylic acids is 2. The average molecular weight is 368 g/mol. The Morgan fingerprint density at radius 1 is 1.15 bits per heavy atom. The number of aromatic nitrogens is 1. The van der Waals surface area contributed by atoms with E-state index in [1.807, 2.05) is 0 Å². The molecule has 0 saturated carbocycles. The number of halogens is 1. The van der Waals surface area contributed by atoms with Crippen molar-refractivity contribution < 1.29 is 23.5 Å². The number of aromatic amines is 1. The van der Waals surface area contributed by atoms with Gasteiger partial charge in [-0.3, -0.25) is 9.59 Å². The number of H-pyrrole nitrogens is 1. The maximum atomic E-state index is 13.4. The Bertz CT molecular complexity index is 1030. The average Bonchev–Trinajstić information content (AvgIpc) is 3.07. The molecule has 0 unspecified atom stereocenters. The van der Waals surface area contributed by atoms with E-state index >= 15 is 0 Å². The minimum absolute atomic E-state index is 0.0449. The first kappa shape index (κ1) is 17.1. The predicted octanol–water partition coefficient (Wildman–Crippen LogP) is 2.62. The summed E-state index contributed by atoms with van der Waals surface area (Å²) in [6.45, 7) is 0.655. The number of Topliss-reactive ketones (excluding diaryl/α,β-unsaturated/α-hetero) is 1. The van der Waals surface area contributed by atoms with Crippen molar-refractivity contribution >= 4 is 22.6 Å². The molecule has 2 aromatic carbocycles. The third-order valence-electron chi connectivity index (χ3n) is 4.39. The fourth-order valence-electron chi connectivity index (χ4n) is 3.10. The number of ether oxygens (including phenoxy) is 2. The molecular formula is C20H17FN2O4. The molecule has 1 aliphatic heterocycles. The summed E-state index contributed by atoms with van der Waals surface area (Å²) < 4.78 is 24.4. The Balaban J connectivity index is 1.42. The van der Waals surface area contributed by atoms with Crippen molar-refractivity contribution in [3.8, 4) is 11.5 Å².